The van der Waals surface area contributed by atoms with Gasteiger partial charge in [-0.15, -0.1) is 11.3 Å². The molecule has 0 bridgehead atoms. The van der Waals surface area contributed by atoms with Crippen molar-refractivity contribution in [1.29, 1.82) is 0 Å². The highest BCUT2D eigenvalue weighted by Crippen LogP contribution is 2.28. The van der Waals surface area contributed by atoms with Crippen LogP contribution in [0.25, 0.3) is 11.3 Å². The summed E-state index contributed by atoms with van der Waals surface area (Å²) in [6, 6.07) is 8.48. The lowest BCUT2D eigenvalue weighted by atomic mass is 10.2. The minimum absolute atomic E-state index is 0.248. The van der Waals surface area contributed by atoms with E-state index in [4.69, 9.17) is 9.47 Å². The van der Waals surface area contributed by atoms with Crippen molar-refractivity contribution in [3.05, 3.63) is 58.7 Å². The number of aromatic nitrogens is 2. The molecular weight excluding hydrogens is 394 g/mol. The maximum atomic E-state index is 12.5. The number of carbonyl (C=O) groups is 2. The first kappa shape index (κ1) is 20.3. The van der Waals surface area contributed by atoms with E-state index in [0.717, 1.165) is 16.3 Å². The fourth-order valence-corrected chi connectivity index (χ4v) is 3.17. The SMILES string of the molecule is COC(=O)COc1ccc(C(=O)NCc2nc(-c3ccncc3)cs2)cc1OC. The summed E-state index contributed by atoms with van der Waals surface area (Å²) in [7, 11) is 2.73. The van der Waals surface area contributed by atoms with Gasteiger partial charge in [0.15, 0.2) is 18.1 Å². The molecule has 150 valence electrons. The van der Waals surface area contributed by atoms with Crippen LogP contribution in [-0.2, 0) is 16.1 Å². The standard InChI is InChI=1S/C20H19N3O5S/c1-26-17-9-14(3-4-16(17)28-11-19(24)27-2)20(25)22-10-18-23-15(12-29-18)13-5-7-21-8-6-13/h3-9,12H,10-11H2,1-2H3,(H,22,25). The zero-order chi connectivity index (χ0) is 20.6. The quantitative estimate of drug-likeness (QED) is 0.567. The highest BCUT2D eigenvalue weighted by molar-refractivity contribution is 7.09. The van der Waals surface area contributed by atoms with Gasteiger partial charge in [0.2, 0.25) is 0 Å². The topological polar surface area (TPSA) is 99.6 Å². The van der Waals surface area contributed by atoms with E-state index in [9.17, 15) is 9.59 Å². The number of nitrogens with one attached hydrogen (secondary N) is 1. The van der Waals surface area contributed by atoms with Gasteiger partial charge in [-0.1, -0.05) is 0 Å². The van der Waals surface area contributed by atoms with Crippen LogP contribution in [0.5, 0.6) is 11.5 Å². The van der Waals surface area contributed by atoms with Crippen molar-refractivity contribution in [2.24, 2.45) is 0 Å². The fraction of sp³-hybridized carbons (Fsp3) is 0.200. The Morgan fingerprint density at radius 2 is 1.90 bits per heavy atom. The van der Waals surface area contributed by atoms with Gasteiger partial charge in [-0.05, 0) is 30.3 Å². The first-order chi connectivity index (χ1) is 14.1. The van der Waals surface area contributed by atoms with E-state index >= 15 is 0 Å². The molecule has 0 saturated heterocycles. The Hall–Kier alpha value is -3.46. The highest BCUT2D eigenvalue weighted by Gasteiger charge is 2.13. The summed E-state index contributed by atoms with van der Waals surface area (Å²) in [4.78, 5) is 32.2. The highest BCUT2D eigenvalue weighted by atomic mass is 32.1. The molecule has 0 aliphatic rings. The van der Waals surface area contributed by atoms with Crippen molar-refractivity contribution < 1.29 is 23.8 Å². The third-order valence-corrected chi connectivity index (χ3v) is 4.78. The number of benzene rings is 1. The Labute approximate surface area is 171 Å². The molecule has 2 heterocycles. The molecule has 29 heavy (non-hydrogen) atoms. The zero-order valence-electron chi connectivity index (χ0n) is 15.9. The second-order valence-corrected chi connectivity index (χ2v) is 6.72. The monoisotopic (exact) mass is 413 g/mol. The summed E-state index contributed by atoms with van der Waals surface area (Å²) in [5, 5.41) is 5.56. The van der Waals surface area contributed by atoms with Crippen LogP contribution in [0.2, 0.25) is 0 Å². The maximum absolute atomic E-state index is 12.5. The number of rotatable bonds is 8. The molecule has 0 aliphatic heterocycles. The van der Waals surface area contributed by atoms with E-state index in [1.54, 1.807) is 30.6 Å². The second kappa shape index (κ2) is 9.65. The average Bonchev–Trinajstić information content (AvgIpc) is 3.25. The minimum Gasteiger partial charge on any atom is -0.493 e. The van der Waals surface area contributed by atoms with Gasteiger partial charge in [0.05, 0.1) is 26.5 Å². The smallest absolute Gasteiger partial charge is 0.343 e. The Bertz CT molecular complexity index is 991. The molecular formula is C20H19N3O5S. The Balaban J connectivity index is 1.62. The molecule has 0 atom stereocenters. The molecule has 2 aromatic heterocycles. The van der Waals surface area contributed by atoms with Gasteiger partial charge in [-0.3, -0.25) is 9.78 Å². The molecule has 0 radical (unpaired) electrons. The van der Waals surface area contributed by atoms with E-state index < -0.39 is 5.97 Å². The van der Waals surface area contributed by atoms with Crippen molar-refractivity contribution in [2.75, 3.05) is 20.8 Å². The predicted molar refractivity (Wildman–Crippen MR) is 107 cm³/mol. The number of hydrogen-bond donors (Lipinski definition) is 1. The van der Waals surface area contributed by atoms with E-state index in [1.807, 2.05) is 17.5 Å². The lowest BCUT2D eigenvalue weighted by Crippen LogP contribution is -2.22. The number of nitrogens with zero attached hydrogens (tertiary/aromatic N) is 2. The van der Waals surface area contributed by atoms with Crippen molar-refractivity contribution in [3.8, 4) is 22.8 Å². The van der Waals surface area contributed by atoms with Gasteiger partial charge in [0.1, 0.15) is 5.01 Å². The first-order valence-electron chi connectivity index (χ1n) is 8.61. The molecule has 0 fully saturated rings. The lowest BCUT2D eigenvalue weighted by Gasteiger charge is -2.11. The molecule has 1 amide bonds. The number of methoxy groups -OCH3 is 2. The summed E-state index contributed by atoms with van der Waals surface area (Å²) in [5.74, 6) is -0.0981. The summed E-state index contributed by atoms with van der Waals surface area (Å²) in [6.45, 7) is 0.0553. The van der Waals surface area contributed by atoms with Crippen molar-refractivity contribution >= 4 is 23.2 Å². The van der Waals surface area contributed by atoms with Gasteiger partial charge < -0.3 is 19.5 Å². The van der Waals surface area contributed by atoms with Crippen molar-refractivity contribution in [3.63, 3.8) is 0 Å². The summed E-state index contributed by atoms with van der Waals surface area (Å²) in [5.41, 5.74) is 2.22. The summed E-state index contributed by atoms with van der Waals surface area (Å²) >= 11 is 1.47. The van der Waals surface area contributed by atoms with Crippen LogP contribution in [-0.4, -0.2) is 42.7 Å². The largest absolute Gasteiger partial charge is 0.493 e. The van der Waals surface area contributed by atoms with Gasteiger partial charge >= 0.3 is 5.97 Å². The van der Waals surface area contributed by atoms with Crippen LogP contribution in [0.3, 0.4) is 0 Å². The number of thiazole rings is 1. The van der Waals surface area contributed by atoms with E-state index in [1.165, 1.54) is 25.6 Å². The van der Waals surface area contributed by atoms with Crippen LogP contribution < -0.4 is 14.8 Å². The number of carbonyl (C=O) groups excluding carboxylic acids is 2. The fourth-order valence-electron chi connectivity index (χ4n) is 2.43. The number of esters is 1. The van der Waals surface area contributed by atoms with E-state index in [0.29, 0.717) is 23.6 Å². The molecule has 3 rings (SSSR count). The third-order valence-electron chi connectivity index (χ3n) is 3.93. The molecule has 0 aliphatic carbocycles. The molecule has 0 unspecified atom stereocenters. The third kappa shape index (κ3) is 5.29. The molecule has 3 aromatic rings. The second-order valence-electron chi connectivity index (χ2n) is 5.78. The summed E-state index contributed by atoms with van der Waals surface area (Å²) in [6.07, 6.45) is 3.42. The maximum Gasteiger partial charge on any atom is 0.343 e. The number of hydrogen-bond acceptors (Lipinski definition) is 8. The number of ether oxygens (including phenoxy) is 3. The van der Waals surface area contributed by atoms with Crippen LogP contribution in [0.1, 0.15) is 15.4 Å². The van der Waals surface area contributed by atoms with Crippen LogP contribution in [0.15, 0.2) is 48.1 Å². The van der Waals surface area contributed by atoms with Crippen molar-refractivity contribution in [2.45, 2.75) is 6.54 Å². The summed E-state index contributed by atoms with van der Waals surface area (Å²) < 4.78 is 15.1. The number of pyridine rings is 1. The van der Waals surface area contributed by atoms with Crippen LogP contribution in [0, 0.1) is 0 Å². The van der Waals surface area contributed by atoms with Gasteiger partial charge in [-0.2, -0.15) is 0 Å². The van der Waals surface area contributed by atoms with Crippen molar-refractivity contribution in [1.82, 2.24) is 15.3 Å². The molecule has 8 nitrogen and oxygen atoms in total. The molecule has 0 spiro atoms. The van der Waals surface area contributed by atoms with Gasteiger partial charge in [-0.25, -0.2) is 9.78 Å². The van der Waals surface area contributed by atoms with Gasteiger partial charge in [0, 0.05) is 28.9 Å². The Morgan fingerprint density at radius 3 is 2.62 bits per heavy atom. The molecule has 0 saturated carbocycles. The molecule has 1 aromatic carbocycles. The van der Waals surface area contributed by atoms with E-state index in [-0.39, 0.29) is 12.5 Å². The lowest BCUT2D eigenvalue weighted by molar-refractivity contribution is -0.142. The first-order valence-corrected chi connectivity index (χ1v) is 9.49. The number of amides is 1. The van der Waals surface area contributed by atoms with E-state index in [2.05, 4.69) is 20.0 Å². The van der Waals surface area contributed by atoms with Crippen LogP contribution in [0.4, 0.5) is 0 Å². The predicted octanol–water partition coefficient (Wildman–Crippen LogP) is 2.70. The van der Waals surface area contributed by atoms with Crippen LogP contribution >= 0.6 is 11.3 Å². The Kier molecular flexibility index (Phi) is 6.75. The Morgan fingerprint density at radius 1 is 1.10 bits per heavy atom. The zero-order valence-corrected chi connectivity index (χ0v) is 16.7. The normalized spacial score (nSPS) is 10.3. The molecule has 1 N–H and O–H groups in total. The molecule has 9 heteroatoms. The van der Waals surface area contributed by atoms with Gasteiger partial charge in [0.25, 0.3) is 5.91 Å². The average molecular weight is 413 g/mol. The minimum atomic E-state index is -0.511.